The Morgan fingerprint density at radius 2 is 1.84 bits per heavy atom. The maximum absolute atomic E-state index is 13.1. The van der Waals surface area contributed by atoms with Crippen molar-refractivity contribution in [3.05, 3.63) is 41.4 Å². The molecule has 1 fully saturated rings. The first kappa shape index (κ1) is 17.4. The highest BCUT2D eigenvalue weighted by molar-refractivity contribution is 5.93. The number of fused-ring (bicyclic) bond motifs is 1. The third-order valence-corrected chi connectivity index (χ3v) is 4.83. The van der Waals surface area contributed by atoms with Gasteiger partial charge in [-0.25, -0.2) is 4.79 Å². The van der Waals surface area contributed by atoms with Crippen LogP contribution in [0, 0.1) is 0 Å². The van der Waals surface area contributed by atoms with Crippen LogP contribution >= 0.6 is 0 Å². The fourth-order valence-electron chi connectivity index (χ4n) is 3.39. The number of carbonyl (C=O) groups is 2. The maximum Gasteiger partial charge on any atom is 0.328 e. The standard InChI is InChI=1S/C19H24N4O2/c1-14(2)21-8-10-22(11-9-21)19(25)23-12-15(13-24)18(20-3)16-6-4-5-7-17(16)23/h4-7,12-14H,8-11H2,1-3H3/b20-18-. The van der Waals surface area contributed by atoms with E-state index in [1.165, 1.54) is 0 Å². The highest BCUT2D eigenvalue weighted by Gasteiger charge is 2.24. The van der Waals surface area contributed by atoms with E-state index in [0.29, 0.717) is 30.1 Å². The molecule has 2 aromatic rings. The average Bonchev–Trinajstić information content (AvgIpc) is 2.66. The third kappa shape index (κ3) is 3.22. The van der Waals surface area contributed by atoms with Gasteiger partial charge in [0.25, 0.3) is 0 Å². The lowest BCUT2D eigenvalue weighted by Gasteiger charge is -2.37. The molecule has 6 nitrogen and oxygen atoms in total. The molecule has 0 spiro atoms. The number of pyridine rings is 1. The molecule has 0 radical (unpaired) electrons. The number of benzene rings is 1. The molecule has 1 saturated heterocycles. The summed E-state index contributed by atoms with van der Waals surface area (Å²) in [5.74, 6) is 0. The Bertz CT molecular complexity index is 861. The molecule has 132 valence electrons. The Morgan fingerprint density at radius 1 is 1.16 bits per heavy atom. The Labute approximate surface area is 147 Å². The molecule has 1 aliphatic rings. The number of nitrogens with zero attached hydrogens (tertiary/aromatic N) is 4. The van der Waals surface area contributed by atoms with Crippen molar-refractivity contribution in [1.82, 2.24) is 14.4 Å². The maximum atomic E-state index is 13.1. The van der Waals surface area contributed by atoms with Crippen LogP contribution in [0.15, 0.2) is 35.5 Å². The zero-order valence-corrected chi connectivity index (χ0v) is 15.0. The summed E-state index contributed by atoms with van der Waals surface area (Å²) in [6.07, 6.45) is 2.37. The fraction of sp³-hybridized carbons (Fsp3) is 0.421. The van der Waals surface area contributed by atoms with E-state index in [9.17, 15) is 9.59 Å². The highest BCUT2D eigenvalue weighted by Crippen LogP contribution is 2.14. The van der Waals surface area contributed by atoms with Crippen molar-refractivity contribution >= 4 is 23.2 Å². The van der Waals surface area contributed by atoms with Crippen molar-refractivity contribution in [3.63, 3.8) is 0 Å². The van der Waals surface area contributed by atoms with Crippen LogP contribution in [-0.2, 0) is 0 Å². The summed E-state index contributed by atoms with van der Waals surface area (Å²) >= 11 is 0. The number of carbonyl (C=O) groups excluding carboxylic acids is 2. The largest absolute Gasteiger partial charge is 0.328 e. The number of aromatic nitrogens is 1. The average molecular weight is 340 g/mol. The van der Waals surface area contributed by atoms with Crippen LogP contribution < -0.4 is 5.36 Å². The number of hydrogen-bond acceptors (Lipinski definition) is 4. The van der Waals surface area contributed by atoms with Crippen LogP contribution in [0.25, 0.3) is 10.9 Å². The van der Waals surface area contributed by atoms with Gasteiger partial charge < -0.3 is 4.90 Å². The van der Waals surface area contributed by atoms with Gasteiger partial charge in [0.1, 0.15) is 0 Å². The summed E-state index contributed by atoms with van der Waals surface area (Å²) in [6.45, 7) is 7.45. The van der Waals surface area contributed by atoms with Gasteiger partial charge in [0, 0.05) is 50.9 Å². The first-order chi connectivity index (χ1) is 12.1. The van der Waals surface area contributed by atoms with E-state index in [4.69, 9.17) is 0 Å². The normalized spacial score (nSPS) is 16.6. The molecule has 2 heterocycles. The quantitative estimate of drug-likeness (QED) is 0.786. The topological polar surface area (TPSA) is 57.9 Å². The predicted octanol–water partition coefficient (Wildman–Crippen LogP) is 1.98. The Kier molecular flexibility index (Phi) is 4.99. The number of piperazine rings is 1. The summed E-state index contributed by atoms with van der Waals surface area (Å²) in [6, 6.07) is 7.96. The van der Waals surface area contributed by atoms with Crippen LogP contribution in [-0.4, -0.2) is 66.0 Å². The molecule has 25 heavy (non-hydrogen) atoms. The van der Waals surface area contributed by atoms with Crippen molar-refractivity contribution in [1.29, 1.82) is 0 Å². The Hall–Kier alpha value is -2.47. The molecule has 6 heteroatoms. The molecule has 1 amide bonds. The zero-order valence-electron chi connectivity index (χ0n) is 15.0. The summed E-state index contributed by atoms with van der Waals surface area (Å²) < 4.78 is 1.58. The van der Waals surface area contributed by atoms with Gasteiger partial charge in [0.2, 0.25) is 0 Å². The molecule has 1 aliphatic heterocycles. The van der Waals surface area contributed by atoms with Crippen molar-refractivity contribution in [3.8, 4) is 0 Å². The SMILES string of the molecule is C/N=c1/c(C=O)cn(C(=O)N2CCN(C(C)C)CC2)c2ccccc12. The monoisotopic (exact) mass is 340 g/mol. The van der Waals surface area contributed by atoms with Crippen LogP contribution in [0.4, 0.5) is 4.79 Å². The molecule has 0 bridgehead atoms. The van der Waals surface area contributed by atoms with Gasteiger partial charge in [-0.3, -0.25) is 19.3 Å². The Morgan fingerprint density at radius 3 is 2.44 bits per heavy atom. The van der Waals surface area contributed by atoms with E-state index in [-0.39, 0.29) is 6.03 Å². The van der Waals surface area contributed by atoms with Gasteiger partial charge in [-0.2, -0.15) is 0 Å². The second kappa shape index (κ2) is 7.19. The molecule has 0 atom stereocenters. The van der Waals surface area contributed by atoms with Gasteiger partial charge in [-0.05, 0) is 19.9 Å². The molecule has 1 aromatic carbocycles. The lowest BCUT2D eigenvalue weighted by Crippen LogP contribution is -2.51. The lowest BCUT2D eigenvalue weighted by molar-refractivity contribution is 0.112. The molecule has 0 unspecified atom stereocenters. The van der Waals surface area contributed by atoms with E-state index in [1.54, 1.807) is 17.8 Å². The summed E-state index contributed by atoms with van der Waals surface area (Å²) in [7, 11) is 1.66. The van der Waals surface area contributed by atoms with Gasteiger partial charge in [0.15, 0.2) is 6.29 Å². The first-order valence-corrected chi connectivity index (χ1v) is 8.62. The number of para-hydroxylation sites is 1. The first-order valence-electron chi connectivity index (χ1n) is 8.62. The van der Waals surface area contributed by atoms with Gasteiger partial charge in [-0.1, -0.05) is 18.2 Å². The molecular weight excluding hydrogens is 316 g/mol. The molecule has 3 rings (SSSR count). The fourth-order valence-corrected chi connectivity index (χ4v) is 3.39. The molecule has 0 N–H and O–H groups in total. The molecule has 0 aliphatic carbocycles. The van der Waals surface area contributed by atoms with E-state index >= 15 is 0 Å². The second-order valence-corrected chi connectivity index (χ2v) is 6.56. The number of aldehydes is 1. The zero-order chi connectivity index (χ0) is 18.0. The van der Waals surface area contributed by atoms with Gasteiger partial charge >= 0.3 is 6.03 Å². The number of rotatable bonds is 2. The summed E-state index contributed by atoms with van der Waals surface area (Å²) in [4.78, 5) is 33.0. The van der Waals surface area contributed by atoms with Crippen molar-refractivity contribution in [2.75, 3.05) is 33.2 Å². The highest BCUT2D eigenvalue weighted by atomic mass is 16.2. The van der Waals surface area contributed by atoms with Gasteiger partial charge in [0.05, 0.1) is 16.4 Å². The number of amides is 1. The van der Waals surface area contributed by atoms with Crippen LogP contribution in [0.2, 0.25) is 0 Å². The smallest absolute Gasteiger partial charge is 0.321 e. The summed E-state index contributed by atoms with van der Waals surface area (Å²) in [5, 5.41) is 1.43. The van der Waals surface area contributed by atoms with E-state index in [2.05, 4.69) is 23.7 Å². The minimum atomic E-state index is -0.0923. The summed E-state index contributed by atoms with van der Waals surface area (Å²) in [5.41, 5.74) is 1.19. The van der Waals surface area contributed by atoms with Crippen molar-refractivity contribution in [2.24, 2.45) is 4.99 Å². The minimum Gasteiger partial charge on any atom is -0.321 e. The lowest BCUT2D eigenvalue weighted by atomic mass is 10.1. The second-order valence-electron chi connectivity index (χ2n) is 6.56. The van der Waals surface area contributed by atoms with E-state index in [1.807, 2.05) is 29.2 Å². The van der Waals surface area contributed by atoms with Crippen LogP contribution in [0.5, 0.6) is 0 Å². The Balaban J connectivity index is 2.02. The third-order valence-electron chi connectivity index (χ3n) is 4.83. The minimum absolute atomic E-state index is 0.0923. The van der Waals surface area contributed by atoms with Gasteiger partial charge in [-0.15, -0.1) is 0 Å². The van der Waals surface area contributed by atoms with E-state index in [0.717, 1.165) is 30.3 Å². The molecule has 0 saturated carbocycles. The molecule has 1 aromatic heterocycles. The van der Waals surface area contributed by atoms with E-state index < -0.39 is 0 Å². The number of hydrogen-bond donors (Lipinski definition) is 0. The predicted molar refractivity (Wildman–Crippen MR) is 97.9 cm³/mol. The van der Waals surface area contributed by atoms with Crippen molar-refractivity contribution in [2.45, 2.75) is 19.9 Å². The molecular formula is C19H24N4O2. The van der Waals surface area contributed by atoms with Crippen molar-refractivity contribution < 1.29 is 9.59 Å². The van der Waals surface area contributed by atoms with Crippen LogP contribution in [0.1, 0.15) is 24.2 Å². The van der Waals surface area contributed by atoms with Crippen LogP contribution in [0.3, 0.4) is 0 Å².